The highest BCUT2D eigenvalue weighted by Crippen LogP contribution is 2.26. The van der Waals surface area contributed by atoms with E-state index >= 15 is 0 Å². The number of benzene rings is 2. The van der Waals surface area contributed by atoms with Crippen LogP contribution in [-0.4, -0.2) is 0 Å². The molecule has 1 nitrogen and oxygen atoms in total. The fraction of sp³-hybridized carbons (Fsp3) is 0.0769. The Morgan fingerprint density at radius 2 is 1.78 bits per heavy atom. The minimum Gasteiger partial charge on any atom is -0.377 e. The van der Waals surface area contributed by atoms with Crippen molar-refractivity contribution in [3.05, 3.63) is 63.6 Å². The van der Waals surface area contributed by atoms with E-state index in [4.69, 9.17) is 23.2 Å². The van der Waals surface area contributed by atoms with Crippen LogP contribution >= 0.6 is 23.2 Å². The fourth-order valence-corrected chi connectivity index (χ4v) is 1.94. The van der Waals surface area contributed by atoms with Crippen LogP contribution in [0.4, 0.5) is 14.5 Å². The molecule has 18 heavy (non-hydrogen) atoms. The average molecular weight is 288 g/mol. The number of nitrogens with one attached hydrogen (secondary N) is 1. The van der Waals surface area contributed by atoms with Crippen molar-refractivity contribution in [1.82, 2.24) is 0 Å². The molecule has 0 aromatic heterocycles. The van der Waals surface area contributed by atoms with E-state index in [-0.39, 0.29) is 17.3 Å². The van der Waals surface area contributed by atoms with E-state index in [0.717, 1.165) is 0 Å². The van der Waals surface area contributed by atoms with Crippen LogP contribution in [0, 0.1) is 11.6 Å². The molecule has 1 N–H and O–H groups in total. The summed E-state index contributed by atoms with van der Waals surface area (Å²) in [5.41, 5.74) is 0.718. The molecule has 0 saturated heterocycles. The lowest BCUT2D eigenvalue weighted by Gasteiger charge is -2.10. The van der Waals surface area contributed by atoms with E-state index in [1.807, 2.05) is 0 Å². The van der Waals surface area contributed by atoms with E-state index in [2.05, 4.69) is 5.32 Å². The topological polar surface area (TPSA) is 12.0 Å². The highest BCUT2D eigenvalue weighted by molar-refractivity contribution is 6.33. The Morgan fingerprint density at radius 1 is 1.00 bits per heavy atom. The molecule has 94 valence electrons. The summed E-state index contributed by atoms with van der Waals surface area (Å²) in [6.45, 7) is 0.192. The number of hydrogen-bond donors (Lipinski definition) is 1. The summed E-state index contributed by atoms with van der Waals surface area (Å²) in [5.74, 6) is -0.856. The van der Waals surface area contributed by atoms with Gasteiger partial charge in [-0.2, -0.15) is 0 Å². The molecule has 0 unspecified atom stereocenters. The zero-order chi connectivity index (χ0) is 13.1. The molecule has 0 fully saturated rings. The lowest BCUT2D eigenvalue weighted by Crippen LogP contribution is -2.03. The predicted octanol–water partition coefficient (Wildman–Crippen LogP) is 4.88. The highest BCUT2D eigenvalue weighted by Gasteiger charge is 2.08. The molecule has 0 aliphatic heterocycles. The van der Waals surface area contributed by atoms with E-state index in [1.165, 1.54) is 30.3 Å². The minimum atomic E-state index is -0.463. The maximum absolute atomic E-state index is 13.5. The number of rotatable bonds is 3. The van der Waals surface area contributed by atoms with E-state index in [0.29, 0.717) is 10.6 Å². The van der Waals surface area contributed by atoms with Gasteiger partial charge < -0.3 is 5.32 Å². The van der Waals surface area contributed by atoms with Crippen LogP contribution in [0.3, 0.4) is 0 Å². The predicted molar refractivity (Wildman–Crippen MR) is 70.1 cm³/mol. The molecule has 0 amide bonds. The van der Waals surface area contributed by atoms with Crippen molar-refractivity contribution in [1.29, 1.82) is 0 Å². The molecule has 0 atom stereocenters. The van der Waals surface area contributed by atoms with Crippen LogP contribution < -0.4 is 5.32 Å². The normalized spacial score (nSPS) is 10.4. The molecule has 0 spiro atoms. The van der Waals surface area contributed by atoms with Gasteiger partial charge in [-0.15, -0.1) is 0 Å². The first kappa shape index (κ1) is 13.1. The van der Waals surface area contributed by atoms with Crippen molar-refractivity contribution < 1.29 is 8.78 Å². The summed E-state index contributed by atoms with van der Waals surface area (Å²) in [7, 11) is 0. The van der Waals surface area contributed by atoms with Crippen molar-refractivity contribution >= 4 is 28.9 Å². The molecule has 2 aromatic rings. The second-order valence-corrected chi connectivity index (χ2v) is 4.50. The van der Waals surface area contributed by atoms with E-state index in [9.17, 15) is 8.78 Å². The van der Waals surface area contributed by atoms with Crippen molar-refractivity contribution in [2.45, 2.75) is 6.54 Å². The minimum absolute atomic E-state index is 0.180. The van der Waals surface area contributed by atoms with Gasteiger partial charge in [0.25, 0.3) is 0 Å². The first-order valence-corrected chi connectivity index (χ1v) is 5.95. The maximum atomic E-state index is 13.5. The summed E-state index contributed by atoms with van der Waals surface area (Å²) in [6, 6.07) is 8.39. The molecule has 5 heteroatoms. The van der Waals surface area contributed by atoms with Crippen LogP contribution in [0.5, 0.6) is 0 Å². The molecule has 0 heterocycles. The zero-order valence-corrected chi connectivity index (χ0v) is 10.7. The number of anilines is 1. The summed E-state index contributed by atoms with van der Waals surface area (Å²) < 4.78 is 26.5. The second kappa shape index (κ2) is 5.55. The molecule has 0 bridgehead atoms. The molecular weight excluding hydrogens is 279 g/mol. The zero-order valence-electron chi connectivity index (χ0n) is 9.18. The molecule has 2 rings (SSSR count). The quantitative estimate of drug-likeness (QED) is 0.848. The van der Waals surface area contributed by atoms with Gasteiger partial charge >= 0.3 is 0 Å². The molecule has 0 saturated carbocycles. The van der Waals surface area contributed by atoms with Gasteiger partial charge in [0.05, 0.1) is 10.7 Å². The Labute approximate surface area is 113 Å². The van der Waals surface area contributed by atoms with Gasteiger partial charge in [0, 0.05) is 11.6 Å². The van der Waals surface area contributed by atoms with Gasteiger partial charge in [-0.25, -0.2) is 8.78 Å². The lowest BCUT2D eigenvalue weighted by molar-refractivity contribution is 0.625. The maximum Gasteiger partial charge on any atom is 0.147 e. The highest BCUT2D eigenvalue weighted by atomic mass is 35.5. The number of hydrogen-bond acceptors (Lipinski definition) is 1. The average Bonchev–Trinajstić information content (AvgIpc) is 2.33. The van der Waals surface area contributed by atoms with Crippen LogP contribution in [0.2, 0.25) is 10.0 Å². The largest absolute Gasteiger partial charge is 0.377 e. The van der Waals surface area contributed by atoms with Gasteiger partial charge in [-0.1, -0.05) is 29.3 Å². The lowest BCUT2D eigenvalue weighted by atomic mass is 10.2. The first-order valence-electron chi connectivity index (χ1n) is 5.20. The van der Waals surface area contributed by atoms with Crippen molar-refractivity contribution in [2.24, 2.45) is 0 Å². The number of halogens is 4. The number of para-hydroxylation sites is 1. The molecule has 0 aliphatic rings. The van der Waals surface area contributed by atoms with Crippen LogP contribution in [-0.2, 0) is 6.54 Å². The third-order valence-electron chi connectivity index (χ3n) is 2.43. The standard InChI is InChI=1S/C13H9Cl2F2N/c14-10-5-4-9(16)6-8(10)7-18-13-11(15)2-1-3-12(13)17/h1-6,18H,7H2. The summed E-state index contributed by atoms with van der Waals surface area (Å²) in [4.78, 5) is 0. The molecule has 0 aliphatic carbocycles. The SMILES string of the molecule is Fc1ccc(Cl)c(CNc2c(F)cccc2Cl)c1. The van der Waals surface area contributed by atoms with Crippen molar-refractivity contribution in [3.63, 3.8) is 0 Å². The monoisotopic (exact) mass is 287 g/mol. The Balaban J connectivity index is 2.19. The fourth-order valence-electron chi connectivity index (χ4n) is 1.53. The first-order chi connectivity index (χ1) is 8.58. The third-order valence-corrected chi connectivity index (χ3v) is 3.11. The van der Waals surface area contributed by atoms with Gasteiger partial charge in [0.2, 0.25) is 0 Å². The van der Waals surface area contributed by atoms with E-state index in [1.54, 1.807) is 6.07 Å². The van der Waals surface area contributed by atoms with Crippen LogP contribution in [0.1, 0.15) is 5.56 Å². The van der Waals surface area contributed by atoms with Crippen LogP contribution in [0.15, 0.2) is 36.4 Å². The van der Waals surface area contributed by atoms with Gasteiger partial charge in [-0.3, -0.25) is 0 Å². The van der Waals surface area contributed by atoms with E-state index < -0.39 is 11.6 Å². The summed E-state index contributed by atoms with van der Waals surface area (Å²) in [5, 5.41) is 3.49. The molecule has 0 radical (unpaired) electrons. The Bertz CT molecular complexity index is 553. The van der Waals surface area contributed by atoms with Gasteiger partial charge in [-0.05, 0) is 35.9 Å². The Kier molecular flexibility index (Phi) is 4.04. The second-order valence-electron chi connectivity index (χ2n) is 3.69. The summed E-state index contributed by atoms with van der Waals surface area (Å²) in [6.07, 6.45) is 0. The smallest absolute Gasteiger partial charge is 0.147 e. The Morgan fingerprint density at radius 3 is 2.50 bits per heavy atom. The van der Waals surface area contributed by atoms with Crippen LogP contribution in [0.25, 0.3) is 0 Å². The van der Waals surface area contributed by atoms with Gasteiger partial charge in [0.1, 0.15) is 11.6 Å². The van der Waals surface area contributed by atoms with Crippen molar-refractivity contribution in [3.8, 4) is 0 Å². The summed E-state index contributed by atoms with van der Waals surface area (Å²) >= 11 is 11.8. The van der Waals surface area contributed by atoms with Crippen molar-refractivity contribution in [2.75, 3.05) is 5.32 Å². The molecular formula is C13H9Cl2F2N. The Hall–Kier alpha value is -1.32. The molecule has 2 aromatic carbocycles. The van der Waals surface area contributed by atoms with Gasteiger partial charge in [0.15, 0.2) is 0 Å². The third kappa shape index (κ3) is 2.92.